The predicted molar refractivity (Wildman–Crippen MR) is 331 cm³/mol. The maximum Gasteiger partial charge on any atom is 0.161 e. The second kappa shape index (κ2) is 30.8. The van der Waals surface area contributed by atoms with Crippen molar-refractivity contribution in [2.24, 2.45) is 0 Å². The molecule has 2 aliphatic carbocycles. The molecule has 8 aliphatic rings. The topological polar surface area (TPSA) is 186 Å². The van der Waals surface area contributed by atoms with E-state index in [2.05, 4.69) is 121 Å². The molecule has 18 nitrogen and oxygen atoms in total. The van der Waals surface area contributed by atoms with Gasteiger partial charge in [-0.2, -0.15) is 0 Å². The number of rotatable bonds is 40. The number of hydrogen-bond donors (Lipinski definition) is 0. The first kappa shape index (κ1) is 62.4. The fourth-order valence-electron chi connectivity index (χ4n) is 11.9. The summed E-state index contributed by atoms with van der Waals surface area (Å²) in [5, 5.41) is 0. The maximum atomic E-state index is 6.40. The molecule has 6 aromatic rings. The first-order valence-electron chi connectivity index (χ1n) is 32.1. The van der Waals surface area contributed by atoms with E-state index in [-0.39, 0.29) is 42.0 Å². The zero-order valence-corrected chi connectivity index (χ0v) is 51.3. The van der Waals surface area contributed by atoms with E-state index >= 15 is 0 Å². The Bertz CT molecular complexity index is 3000. The van der Waals surface area contributed by atoms with Gasteiger partial charge in [-0.15, -0.1) is 0 Å². The molecule has 6 heterocycles. The molecule has 90 heavy (non-hydrogen) atoms. The van der Waals surface area contributed by atoms with Gasteiger partial charge in [-0.25, -0.2) is 0 Å². The van der Waals surface area contributed by atoms with Crippen LogP contribution in [-0.4, -0.2) is 195 Å². The van der Waals surface area contributed by atoms with Gasteiger partial charge in [0.15, 0.2) is 23.0 Å². The molecule has 6 atom stereocenters. The SMILES string of the molecule is c1ccc2c(c1)CC(c1ccc(OCCOCC3CO3)cc1)(c1ccc(OCCOCC3CO3)cc1)C2.c1ccc2c(c1)CCC2(c1ccc(OCCOCC2CO2)c(OCCOCC2CO2)c1)c1ccc(OCCOCC2CO2)c(OCCOCC2CO2)c1. The Morgan fingerprint density at radius 3 is 0.978 bits per heavy atom. The summed E-state index contributed by atoms with van der Waals surface area (Å²) in [5.74, 6) is 4.36. The number of aryl methyl sites for hydroxylation is 1. The first-order valence-corrected chi connectivity index (χ1v) is 32.1. The van der Waals surface area contributed by atoms with Crippen LogP contribution in [0.1, 0.15) is 50.9 Å². The summed E-state index contributed by atoms with van der Waals surface area (Å²) in [5.41, 5.74) is 9.58. The van der Waals surface area contributed by atoms with Crippen LogP contribution in [0.2, 0.25) is 0 Å². The van der Waals surface area contributed by atoms with Gasteiger partial charge in [-0.3, -0.25) is 0 Å². The monoisotopic (exact) mass is 1240 g/mol. The third kappa shape index (κ3) is 17.6. The van der Waals surface area contributed by atoms with E-state index in [0.717, 1.165) is 88.0 Å². The van der Waals surface area contributed by atoms with Crippen molar-refractivity contribution in [3.8, 4) is 34.5 Å². The van der Waals surface area contributed by atoms with E-state index in [9.17, 15) is 0 Å². The van der Waals surface area contributed by atoms with Crippen molar-refractivity contribution in [2.75, 3.05) is 159 Å². The molecule has 14 rings (SSSR count). The third-order valence-electron chi connectivity index (χ3n) is 17.2. The van der Waals surface area contributed by atoms with E-state index in [1.54, 1.807) is 0 Å². The molecule has 0 radical (unpaired) electrons. The average molecular weight is 1240 g/mol. The van der Waals surface area contributed by atoms with Crippen LogP contribution in [-0.2, 0) is 86.9 Å². The molecule has 6 saturated heterocycles. The standard InChI is InChI=1S/C41H50O12.C31H34O6/c1-2-4-36-29(3-1)9-10-41(36,30-5-7-37(46-15-11-42-21-32-25-50-32)39(19-30)48-17-13-44-23-34-27-52-34)31-6-8-38(47-16-12-43-22-33-26-51-33)40(20-31)49-18-14-45-24-35-28-53-35;1-2-4-24-18-31(17-23(24)3-1,25-5-9-27(10-6-25)34-15-13-32-19-29-21-36-29)26-7-11-28(12-8-26)35-16-14-33-20-30-22-37-30/h1-8,19-20,32-35H,9-18,21-28H2;1-12,29-30H,13-22H2. The summed E-state index contributed by atoms with van der Waals surface area (Å²) in [6.45, 7) is 13.8. The summed E-state index contributed by atoms with van der Waals surface area (Å²) < 4.78 is 103. The van der Waals surface area contributed by atoms with Crippen molar-refractivity contribution >= 4 is 0 Å². The lowest BCUT2D eigenvalue weighted by Crippen LogP contribution is -2.28. The summed E-state index contributed by atoms with van der Waals surface area (Å²) >= 11 is 0. The Balaban J connectivity index is 0.000000176. The van der Waals surface area contributed by atoms with Crippen molar-refractivity contribution in [1.29, 1.82) is 0 Å². The predicted octanol–water partition coefficient (Wildman–Crippen LogP) is 8.50. The lowest BCUT2D eigenvalue weighted by molar-refractivity contribution is 0.0800. The van der Waals surface area contributed by atoms with Crippen LogP contribution in [0, 0.1) is 0 Å². The normalized spacial score (nSPS) is 23.2. The Hall–Kier alpha value is -6.36. The smallest absolute Gasteiger partial charge is 0.161 e. The molecule has 6 aromatic carbocycles. The molecule has 0 aromatic heterocycles. The van der Waals surface area contributed by atoms with E-state index < -0.39 is 5.41 Å². The minimum absolute atomic E-state index is 0.124. The summed E-state index contributed by atoms with van der Waals surface area (Å²) in [6.07, 6.45) is 5.13. The summed E-state index contributed by atoms with van der Waals surface area (Å²) in [7, 11) is 0. The molecular formula is C72H84O18. The van der Waals surface area contributed by atoms with Crippen molar-refractivity contribution in [2.45, 2.75) is 73.1 Å². The van der Waals surface area contributed by atoms with Crippen LogP contribution in [0.3, 0.4) is 0 Å². The fourth-order valence-corrected chi connectivity index (χ4v) is 11.9. The van der Waals surface area contributed by atoms with Gasteiger partial charge >= 0.3 is 0 Å². The largest absolute Gasteiger partial charge is 0.491 e. The molecule has 0 spiro atoms. The Labute approximate surface area is 527 Å². The zero-order valence-electron chi connectivity index (χ0n) is 51.3. The number of ether oxygens (including phenoxy) is 18. The molecule has 6 unspecified atom stereocenters. The van der Waals surface area contributed by atoms with Gasteiger partial charge in [0.1, 0.15) is 87.8 Å². The number of hydrogen-bond acceptors (Lipinski definition) is 18. The Morgan fingerprint density at radius 1 is 0.311 bits per heavy atom. The Morgan fingerprint density at radius 2 is 0.622 bits per heavy atom. The number of fused-ring (bicyclic) bond motifs is 2. The molecule has 0 bridgehead atoms. The van der Waals surface area contributed by atoms with Gasteiger partial charge in [0, 0.05) is 10.8 Å². The van der Waals surface area contributed by atoms with Crippen LogP contribution >= 0.6 is 0 Å². The third-order valence-corrected chi connectivity index (χ3v) is 17.2. The van der Waals surface area contributed by atoms with Gasteiger partial charge in [-0.1, -0.05) is 84.9 Å². The minimum atomic E-state index is -0.482. The highest BCUT2D eigenvalue weighted by molar-refractivity contribution is 5.61. The highest BCUT2D eigenvalue weighted by Gasteiger charge is 2.44. The second-order valence-electron chi connectivity index (χ2n) is 23.9. The first-order chi connectivity index (χ1) is 44.5. The highest BCUT2D eigenvalue weighted by Crippen LogP contribution is 2.52. The lowest BCUT2D eigenvalue weighted by atomic mass is 9.70. The lowest BCUT2D eigenvalue weighted by Gasteiger charge is -2.33. The second-order valence-corrected chi connectivity index (χ2v) is 23.9. The Kier molecular flexibility index (Phi) is 21.4. The zero-order chi connectivity index (χ0) is 60.6. The van der Waals surface area contributed by atoms with Gasteiger partial charge in [0.25, 0.3) is 0 Å². The minimum Gasteiger partial charge on any atom is -0.491 e. The van der Waals surface area contributed by atoms with Crippen LogP contribution < -0.4 is 28.4 Å². The molecule has 18 heteroatoms. The number of benzene rings is 6. The molecule has 0 saturated carbocycles. The van der Waals surface area contributed by atoms with Crippen LogP contribution in [0.4, 0.5) is 0 Å². The van der Waals surface area contributed by atoms with Crippen LogP contribution in [0.5, 0.6) is 34.5 Å². The summed E-state index contributed by atoms with van der Waals surface area (Å²) in [6, 6.07) is 47.2. The van der Waals surface area contributed by atoms with E-state index in [1.165, 1.54) is 33.4 Å². The van der Waals surface area contributed by atoms with Gasteiger partial charge < -0.3 is 85.3 Å². The molecule has 480 valence electrons. The average Bonchev–Trinajstić information content (AvgIpc) is 1.38. The van der Waals surface area contributed by atoms with Gasteiger partial charge in [0.05, 0.1) is 119 Å². The molecule has 0 amide bonds. The van der Waals surface area contributed by atoms with Gasteiger partial charge in [-0.05, 0) is 119 Å². The fraction of sp³-hybridized carbons (Fsp3) is 0.500. The maximum absolute atomic E-state index is 6.40. The van der Waals surface area contributed by atoms with Crippen molar-refractivity contribution < 1.29 is 85.3 Å². The quantitative estimate of drug-likeness (QED) is 0.0263. The van der Waals surface area contributed by atoms with E-state index in [0.29, 0.717) is 142 Å². The highest BCUT2D eigenvalue weighted by atomic mass is 16.6. The molecular weight excluding hydrogens is 1150 g/mol. The van der Waals surface area contributed by atoms with Gasteiger partial charge in [0.2, 0.25) is 0 Å². The number of epoxide rings is 6. The van der Waals surface area contributed by atoms with Crippen molar-refractivity contribution in [3.63, 3.8) is 0 Å². The van der Waals surface area contributed by atoms with E-state index in [4.69, 9.17) is 85.3 Å². The summed E-state index contributed by atoms with van der Waals surface area (Å²) in [4.78, 5) is 0. The van der Waals surface area contributed by atoms with Crippen LogP contribution in [0.15, 0.2) is 133 Å². The van der Waals surface area contributed by atoms with Crippen LogP contribution in [0.25, 0.3) is 0 Å². The molecule has 0 N–H and O–H groups in total. The van der Waals surface area contributed by atoms with Crippen molar-refractivity contribution in [1.82, 2.24) is 0 Å². The molecule has 6 aliphatic heterocycles. The van der Waals surface area contributed by atoms with E-state index in [1.807, 2.05) is 12.1 Å². The van der Waals surface area contributed by atoms with Crippen molar-refractivity contribution in [3.05, 3.63) is 178 Å². The molecule has 6 fully saturated rings.